The number of hydrogen-bond acceptors (Lipinski definition) is 3. The molecule has 0 aliphatic carbocycles. The van der Waals surface area contributed by atoms with Crippen LogP contribution in [0.3, 0.4) is 0 Å². The van der Waals surface area contributed by atoms with E-state index in [1.165, 1.54) is 13.8 Å². The normalized spacial score (nSPS) is 12.8. The molecule has 0 fully saturated rings. The van der Waals surface area contributed by atoms with Gasteiger partial charge in [-0.3, -0.25) is 0 Å². The lowest BCUT2D eigenvalue weighted by atomic mass is 10.1. The summed E-state index contributed by atoms with van der Waals surface area (Å²) < 4.78 is 26.8. The van der Waals surface area contributed by atoms with Gasteiger partial charge in [0.05, 0.1) is 10.6 Å². The molecule has 0 spiro atoms. The first-order valence-corrected chi connectivity index (χ1v) is 7.87. The van der Waals surface area contributed by atoms with E-state index in [1.807, 2.05) is 0 Å². The van der Waals surface area contributed by atoms with E-state index in [2.05, 4.69) is 4.72 Å². The second-order valence-electron chi connectivity index (χ2n) is 5.08. The SMILES string of the molecule is Cc1cc(Cl)c(C)c(S(=O)(=O)NCC(C)(C)O)c1Cl. The van der Waals surface area contributed by atoms with Crippen molar-refractivity contribution in [3.63, 3.8) is 0 Å². The Hall–Kier alpha value is -0.330. The summed E-state index contributed by atoms with van der Waals surface area (Å²) in [6.07, 6.45) is 0. The molecule has 2 N–H and O–H groups in total. The third-order valence-corrected chi connectivity index (χ3v) is 5.12. The number of nitrogens with one attached hydrogen (secondary N) is 1. The van der Waals surface area contributed by atoms with Crippen molar-refractivity contribution in [1.29, 1.82) is 0 Å². The standard InChI is InChI=1S/C12H17Cl2NO3S/c1-7-5-9(13)8(2)11(10(7)14)19(17,18)15-6-12(3,4)16/h5,15-16H,6H2,1-4H3. The van der Waals surface area contributed by atoms with Gasteiger partial charge in [-0.15, -0.1) is 0 Å². The van der Waals surface area contributed by atoms with Gasteiger partial charge in [-0.25, -0.2) is 13.1 Å². The number of hydrogen-bond donors (Lipinski definition) is 2. The van der Waals surface area contributed by atoms with Crippen LogP contribution in [0.15, 0.2) is 11.0 Å². The van der Waals surface area contributed by atoms with E-state index < -0.39 is 15.6 Å². The highest BCUT2D eigenvalue weighted by Crippen LogP contribution is 2.33. The van der Waals surface area contributed by atoms with Crippen LogP contribution in [0.2, 0.25) is 10.0 Å². The average Bonchev–Trinajstić information content (AvgIpc) is 2.23. The van der Waals surface area contributed by atoms with Gasteiger partial charge in [-0.1, -0.05) is 23.2 Å². The molecule has 0 aliphatic heterocycles. The molecule has 1 aromatic carbocycles. The zero-order valence-electron chi connectivity index (χ0n) is 11.2. The van der Waals surface area contributed by atoms with Crippen LogP contribution in [0.5, 0.6) is 0 Å². The fourth-order valence-corrected chi connectivity index (χ4v) is 3.89. The van der Waals surface area contributed by atoms with Gasteiger partial charge in [0.25, 0.3) is 0 Å². The van der Waals surface area contributed by atoms with E-state index in [-0.39, 0.29) is 16.5 Å². The molecule has 7 heteroatoms. The molecule has 0 saturated carbocycles. The molecule has 0 heterocycles. The third kappa shape index (κ3) is 4.07. The van der Waals surface area contributed by atoms with Gasteiger partial charge >= 0.3 is 0 Å². The topological polar surface area (TPSA) is 66.4 Å². The molecular formula is C12H17Cl2NO3S. The molecule has 4 nitrogen and oxygen atoms in total. The zero-order valence-corrected chi connectivity index (χ0v) is 13.5. The predicted molar refractivity (Wildman–Crippen MR) is 77.4 cm³/mol. The molecule has 0 bridgehead atoms. The van der Waals surface area contributed by atoms with Crippen LogP contribution < -0.4 is 4.72 Å². The van der Waals surface area contributed by atoms with Crippen LogP contribution in [0, 0.1) is 13.8 Å². The molecular weight excluding hydrogens is 309 g/mol. The summed E-state index contributed by atoms with van der Waals surface area (Å²) in [6, 6.07) is 1.62. The maximum atomic E-state index is 12.3. The minimum Gasteiger partial charge on any atom is -0.389 e. The molecule has 0 amide bonds. The Morgan fingerprint density at radius 1 is 1.32 bits per heavy atom. The van der Waals surface area contributed by atoms with E-state index in [4.69, 9.17) is 23.2 Å². The zero-order chi connectivity index (χ0) is 15.0. The molecule has 0 aromatic heterocycles. The third-order valence-electron chi connectivity index (χ3n) is 2.55. The van der Waals surface area contributed by atoms with Crippen LogP contribution in [0.4, 0.5) is 0 Å². The molecule has 0 atom stereocenters. The Kier molecular flexibility index (Phi) is 4.91. The molecule has 19 heavy (non-hydrogen) atoms. The highest BCUT2D eigenvalue weighted by atomic mass is 35.5. The van der Waals surface area contributed by atoms with Crippen molar-refractivity contribution in [1.82, 2.24) is 4.72 Å². The molecule has 1 aromatic rings. The lowest BCUT2D eigenvalue weighted by molar-refractivity contribution is 0.0857. The number of halogens is 2. The maximum Gasteiger partial charge on any atom is 0.242 e. The minimum atomic E-state index is -3.83. The monoisotopic (exact) mass is 325 g/mol. The van der Waals surface area contributed by atoms with Crippen LogP contribution >= 0.6 is 23.2 Å². The second-order valence-corrected chi connectivity index (χ2v) is 7.57. The van der Waals surface area contributed by atoms with E-state index in [0.29, 0.717) is 16.1 Å². The first kappa shape index (κ1) is 16.7. The van der Waals surface area contributed by atoms with Crippen LogP contribution in [-0.4, -0.2) is 25.7 Å². The fraction of sp³-hybridized carbons (Fsp3) is 0.500. The van der Waals surface area contributed by atoms with Crippen LogP contribution in [-0.2, 0) is 10.0 Å². The van der Waals surface area contributed by atoms with Crippen LogP contribution in [0.1, 0.15) is 25.0 Å². The lowest BCUT2D eigenvalue weighted by Crippen LogP contribution is -2.38. The summed E-state index contributed by atoms with van der Waals surface area (Å²) in [6.45, 7) is 6.17. The first-order valence-electron chi connectivity index (χ1n) is 5.63. The van der Waals surface area contributed by atoms with Crippen molar-refractivity contribution >= 4 is 33.2 Å². The van der Waals surface area contributed by atoms with Gasteiger partial charge in [-0.2, -0.15) is 0 Å². The van der Waals surface area contributed by atoms with Gasteiger partial charge < -0.3 is 5.11 Å². The van der Waals surface area contributed by atoms with E-state index in [9.17, 15) is 13.5 Å². The summed E-state index contributed by atoms with van der Waals surface area (Å²) in [5, 5.41) is 10.1. The van der Waals surface area contributed by atoms with E-state index >= 15 is 0 Å². The highest BCUT2D eigenvalue weighted by Gasteiger charge is 2.25. The Balaban J connectivity index is 3.30. The first-order chi connectivity index (χ1) is 8.46. The summed E-state index contributed by atoms with van der Waals surface area (Å²) in [4.78, 5) is -0.0385. The van der Waals surface area contributed by atoms with Crippen molar-refractivity contribution in [3.05, 3.63) is 27.2 Å². The summed E-state index contributed by atoms with van der Waals surface area (Å²) >= 11 is 12.1. The van der Waals surface area contributed by atoms with E-state index in [1.54, 1.807) is 19.9 Å². The number of aliphatic hydroxyl groups is 1. The van der Waals surface area contributed by atoms with Gasteiger partial charge in [0.2, 0.25) is 10.0 Å². The summed E-state index contributed by atoms with van der Waals surface area (Å²) in [5.74, 6) is 0. The number of sulfonamides is 1. The molecule has 0 unspecified atom stereocenters. The predicted octanol–water partition coefficient (Wildman–Crippen LogP) is 2.66. The number of benzene rings is 1. The molecule has 0 aliphatic rings. The molecule has 0 radical (unpaired) electrons. The van der Waals surface area contributed by atoms with Crippen LogP contribution in [0.25, 0.3) is 0 Å². The molecule has 0 saturated heterocycles. The fourth-order valence-electron chi connectivity index (χ4n) is 1.48. The van der Waals surface area contributed by atoms with Crippen molar-refractivity contribution < 1.29 is 13.5 Å². The average molecular weight is 326 g/mol. The van der Waals surface area contributed by atoms with E-state index in [0.717, 1.165) is 0 Å². The Morgan fingerprint density at radius 2 is 1.84 bits per heavy atom. The Bertz CT molecular complexity index is 566. The molecule has 1 rings (SSSR count). The number of rotatable bonds is 4. The Morgan fingerprint density at radius 3 is 2.32 bits per heavy atom. The smallest absolute Gasteiger partial charge is 0.242 e. The van der Waals surface area contributed by atoms with Crippen molar-refractivity contribution in [3.8, 4) is 0 Å². The Labute approximate surface area is 123 Å². The highest BCUT2D eigenvalue weighted by molar-refractivity contribution is 7.89. The van der Waals surface area contributed by atoms with Gasteiger partial charge in [0, 0.05) is 11.6 Å². The van der Waals surface area contributed by atoms with Gasteiger partial charge in [-0.05, 0) is 44.9 Å². The van der Waals surface area contributed by atoms with Gasteiger partial charge in [0.15, 0.2) is 0 Å². The van der Waals surface area contributed by atoms with Crippen molar-refractivity contribution in [2.24, 2.45) is 0 Å². The largest absolute Gasteiger partial charge is 0.389 e. The minimum absolute atomic E-state index is 0.0385. The lowest BCUT2D eigenvalue weighted by Gasteiger charge is -2.19. The second kappa shape index (κ2) is 5.58. The maximum absolute atomic E-state index is 12.3. The quantitative estimate of drug-likeness (QED) is 0.894. The molecule has 108 valence electrons. The van der Waals surface area contributed by atoms with Crippen molar-refractivity contribution in [2.75, 3.05) is 6.54 Å². The summed E-state index contributed by atoms with van der Waals surface area (Å²) in [7, 11) is -3.83. The van der Waals surface area contributed by atoms with Crippen molar-refractivity contribution in [2.45, 2.75) is 38.2 Å². The summed E-state index contributed by atoms with van der Waals surface area (Å²) in [5.41, 5.74) is -0.178. The number of aryl methyl sites for hydroxylation is 1. The van der Waals surface area contributed by atoms with Gasteiger partial charge in [0.1, 0.15) is 4.90 Å².